The molecule has 0 aliphatic rings. The Bertz CT molecular complexity index is 2760. The Morgan fingerprint density at radius 2 is 1.00 bits per heavy atom. The second-order valence-corrected chi connectivity index (χ2v) is 13.8. The normalized spacial score (nSPS) is 12.0. The highest BCUT2D eigenvalue weighted by atomic mass is 32.1. The van der Waals surface area contributed by atoms with Gasteiger partial charge in [-0.3, -0.25) is 0 Å². The van der Waals surface area contributed by atoms with E-state index in [2.05, 4.69) is 156 Å². The van der Waals surface area contributed by atoms with Crippen molar-refractivity contribution in [3.63, 3.8) is 0 Å². The summed E-state index contributed by atoms with van der Waals surface area (Å²) in [4.78, 5) is 0. The van der Waals surface area contributed by atoms with E-state index in [-0.39, 0.29) is 0 Å². The van der Waals surface area contributed by atoms with E-state index in [0.29, 0.717) is 0 Å². The lowest BCUT2D eigenvalue weighted by atomic mass is 9.97. The molecule has 0 N–H and O–H groups in total. The van der Waals surface area contributed by atoms with Crippen LogP contribution in [0.2, 0.25) is 0 Å². The number of nitrogens with zero attached hydrogens (tertiary/aromatic N) is 1. The first-order valence-corrected chi connectivity index (χ1v) is 16.9. The van der Waals surface area contributed by atoms with Gasteiger partial charge in [0.2, 0.25) is 0 Å². The maximum absolute atomic E-state index is 2.49. The minimum Gasteiger partial charge on any atom is -0.308 e. The Labute approximate surface area is 267 Å². The molecule has 0 amide bonds. The monoisotopic (exact) mass is 607 g/mol. The van der Waals surface area contributed by atoms with Crippen LogP contribution in [0.5, 0.6) is 0 Å². The molecule has 0 fully saturated rings. The van der Waals surface area contributed by atoms with Crippen molar-refractivity contribution in [1.82, 2.24) is 4.57 Å². The Kier molecular flexibility index (Phi) is 5.39. The second-order valence-electron chi connectivity index (χ2n) is 11.7. The molecule has 3 aromatic heterocycles. The Morgan fingerprint density at radius 3 is 1.82 bits per heavy atom. The maximum Gasteiger partial charge on any atom is 0.0640 e. The SMILES string of the molecule is c1ccc(-c2ccc3c(c2)c2cc(-c4cccc5sc6ccccc6c45)ccc2n3-c2cccc3c2sc2ccccc23)cc1. The molecule has 1 nitrogen and oxygen atoms in total. The second kappa shape index (κ2) is 9.64. The summed E-state index contributed by atoms with van der Waals surface area (Å²) in [5, 5.41) is 7.87. The summed E-state index contributed by atoms with van der Waals surface area (Å²) >= 11 is 3.76. The zero-order valence-electron chi connectivity index (χ0n) is 24.2. The number of hydrogen-bond donors (Lipinski definition) is 0. The minimum absolute atomic E-state index is 1.23. The molecule has 10 aromatic rings. The Balaban J connectivity index is 1.30. The van der Waals surface area contributed by atoms with Crippen molar-refractivity contribution in [2.45, 2.75) is 0 Å². The number of fused-ring (bicyclic) bond motifs is 9. The van der Waals surface area contributed by atoms with E-state index >= 15 is 0 Å². The molecular weight excluding hydrogens is 583 g/mol. The molecule has 0 radical (unpaired) electrons. The zero-order valence-corrected chi connectivity index (χ0v) is 25.8. The standard InChI is InChI=1S/C42H25NS2/c1-2-10-26(11-3-1)27-20-22-35-33(24-27)34-25-28(29-14-9-19-40-41(29)32-13-5-7-18-39(32)44-40)21-23-36(34)43(35)37-16-8-15-31-30-12-4-6-17-38(30)45-42(31)37/h1-25H. The molecule has 0 spiro atoms. The quantitative estimate of drug-likeness (QED) is 0.188. The summed E-state index contributed by atoms with van der Waals surface area (Å²) in [5.74, 6) is 0. The molecule has 7 aromatic carbocycles. The number of hydrogen-bond acceptors (Lipinski definition) is 2. The highest BCUT2D eigenvalue weighted by molar-refractivity contribution is 7.26. The van der Waals surface area contributed by atoms with E-state index in [1.165, 1.54) is 90.1 Å². The van der Waals surface area contributed by atoms with Gasteiger partial charge in [0.15, 0.2) is 0 Å². The third kappa shape index (κ3) is 3.72. The fraction of sp³-hybridized carbons (Fsp3) is 0. The third-order valence-corrected chi connectivity index (χ3v) is 11.6. The zero-order chi connectivity index (χ0) is 29.5. The van der Waals surface area contributed by atoms with E-state index in [1.807, 2.05) is 22.7 Å². The summed E-state index contributed by atoms with van der Waals surface area (Å²) in [6.45, 7) is 0. The van der Waals surface area contributed by atoms with Crippen LogP contribution >= 0.6 is 22.7 Å². The molecule has 0 unspecified atom stereocenters. The van der Waals surface area contributed by atoms with Gasteiger partial charge in [0.25, 0.3) is 0 Å². The van der Waals surface area contributed by atoms with E-state index in [0.717, 1.165) is 0 Å². The van der Waals surface area contributed by atoms with Crippen molar-refractivity contribution >= 4 is 84.8 Å². The van der Waals surface area contributed by atoms with Gasteiger partial charge in [-0.05, 0) is 70.8 Å². The summed E-state index contributed by atoms with van der Waals surface area (Å²) in [6.07, 6.45) is 0. The summed E-state index contributed by atoms with van der Waals surface area (Å²) < 4.78 is 7.80. The van der Waals surface area contributed by atoms with Crippen LogP contribution in [0.25, 0.3) is 90.1 Å². The van der Waals surface area contributed by atoms with Crippen LogP contribution in [-0.4, -0.2) is 4.57 Å². The van der Waals surface area contributed by atoms with Crippen LogP contribution in [-0.2, 0) is 0 Å². The topological polar surface area (TPSA) is 4.93 Å². The van der Waals surface area contributed by atoms with Crippen LogP contribution in [0.3, 0.4) is 0 Å². The van der Waals surface area contributed by atoms with E-state index in [4.69, 9.17) is 0 Å². The van der Waals surface area contributed by atoms with Gasteiger partial charge in [-0.2, -0.15) is 0 Å². The van der Waals surface area contributed by atoms with Gasteiger partial charge in [0, 0.05) is 46.4 Å². The van der Waals surface area contributed by atoms with Gasteiger partial charge in [-0.1, -0.05) is 103 Å². The summed E-state index contributed by atoms with van der Waals surface area (Å²) in [5.41, 5.74) is 8.70. The van der Waals surface area contributed by atoms with Crippen LogP contribution in [0.4, 0.5) is 0 Å². The van der Waals surface area contributed by atoms with Crippen molar-refractivity contribution < 1.29 is 0 Å². The van der Waals surface area contributed by atoms with Gasteiger partial charge in [-0.15, -0.1) is 22.7 Å². The van der Waals surface area contributed by atoms with E-state index < -0.39 is 0 Å². The molecule has 45 heavy (non-hydrogen) atoms. The molecule has 0 aliphatic heterocycles. The molecule has 3 heteroatoms. The first-order chi connectivity index (χ1) is 22.3. The van der Waals surface area contributed by atoms with Gasteiger partial charge < -0.3 is 4.57 Å². The average Bonchev–Trinajstić information content (AvgIpc) is 3.77. The molecule has 0 aliphatic carbocycles. The lowest BCUT2D eigenvalue weighted by molar-refractivity contribution is 1.20. The fourth-order valence-electron chi connectivity index (χ4n) is 7.18. The molecule has 0 atom stereocenters. The predicted molar refractivity (Wildman–Crippen MR) is 197 cm³/mol. The summed E-state index contributed by atoms with van der Waals surface area (Å²) in [6, 6.07) is 55.9. The first-order valence-electron chi connectivity index (χ1n) is 15.3. The van der Waals surface area contributed by atoms with Crippen LogP contribution < -0.4 is 0 Å². The molecule has 10 rings (SSSR count). The molecule has 0 saturated heterocycles. The number of rotatable bonds is 3. The van der Waals surface area contributed by atoms with Gasteiger partial charge in [0.1, 0.15) is 0 Å². The average molecular weight is 608 g/mol. The first kappa shape index (κ1) is 25.1. The molecule has 0 bridgehead atoms. The van der Waals surface area contributed by atoms with Gasteiger partial charge in [0.05, 0.1) is 21.4 Å². The molecular formula is C42H25NS2. The van der Waals surface area contributed by atoms with Crippen molar-refractivity contribution in [2.24, 2.45) is 0 Å². The largest absolute Gasteiger partial charge is 0.308 e. The minimum atomic E-state index is 1.23. The van der Waals surface area contributed by atoms with Crippen LogP contribution in [0.15, 0.2) is 152 Å². The third-order valence-electron chi connectivity index (χ3n) is 9.21. The highest BCUT2D eigenvalue weighted by Gasteiger charge is 2.19. The molecule has 0 saturated carbocycles. The van der Waals surface area contributed by atoms with Gasteiger partial charge >= 0.3 is 0 Å². The molecule has 210 valence electrons. The number of aromatic nitrogens is 1. The van der Waals surface area contributed by atoms with Crippen molar-refractivity contribution in [3.05, 3.63) is 152 Å². The van der Waals surface area contributed by atoms with Crippen molar-refractivity contribution in [2.75, 3.05) is 0 Å². The maximum atomic E-state index is 2.49. The summed E-state index contributed by atoms with van der Waals surface area (Å²) in [7, 11) is 0. The van der Waals surface area contributed by atoms with Crippen LogP contribution in [0, 0.1) is 0 Å². The number of benzene rings is 7. The van der Waals surface area contributed by atoms with Crippen molar-refractivity contribution in [3.8, 4) is 27.9 Å². The van der Waals surface area contributed by atoms with Crippen LogP contribution in [0.1, 0.15) is 0 Å². The predicted octanol–water partition coefficient (Wildman–Crippen LogP) is 12.9. The number of thiophene rings is 2. The van der Waals surface area contributed by atoms with Crippen molar-refractivity contribution in [1.29, 1.82) is 0 Å². The lowest BCUT2D eigenvalue weighted by Gasteiger charge is -2.10. The smallest absolute Gasteiger partial charge is 0.0640 e. The molecule has 3 heterocycles. The Morgan fingerprint density at radius 1 is 0.378 bits per heavy atom. The highest BCUT2D eigenvalue weighted by Crippen LogP contribution is 2.44. The Hall–Kier alpha value is -5.22. The van der Waals surface area contributed by atoms with E-state index in [1.54, 1.807) is 0 Å². The van der Waals surface area contributed by atoms with Gasteiger partial charge in [-0.25, -0.2) is 0 Å². The van der Waals surface area contributed by atoms with E-state index in [9.17, 15) is 0 Å². The fourth-order valence-corrected chi connectivity index (χ4v) is 9.52. The lowest BCUT2D eigenvalue weighted by Crippen LogP contribution is -1.94.